The number of hydrogen-bond donors (Lipinski definition) is 1. The van der Waals surface area contributed by atoms with E-state index in [1.807, 2.05) is 0 Å². The Morgan fingerprint density at radius 1 is 0.966 bits per heavy atom. The fraction of sp³-hybridized carbons (Fsp3) is 0.250. The lowest BCUT2D eigenvalue weighted by Gasteiger charge is -2.17. The van der Waals surface area contributed by atoms with Gasteiger partial charge in [-0.3, -0.25) is 4.79 Å². The van der Waals surface area contributed by atoms with Crippen LogP contribution in [0.1, 0.15) is 34.6 Å². The standard InChI is InChI=1S/C20H16F7NO/c1-2-3-17(13-4-6-16(21)7-5-13)18(29)28-11-12-8-14(19(22,23)24)10-15(9-12)20(25,26)27/h2,4-10,17H,1,3,11H2,(H,28,29)/t17-/m0/s1. The van der Waals surface area contributed by atoms with Crippen LogP contribution in [-0.4, -0.2) is 5.91 Å². The molecule has 29 heavy (non-hydrogen) atoms. The number of allylic oxidation sites excluding steroid dienone is 1. The van der Waals surface area contributed by atoms with Crippen LogP contribution in [0.4, 0.5) is 30.7 Å². The number of carbonyl (C=O) groups is 1. The first kappa shape index (κ1) is 22.4. The van der Waals surface area contributed by atoms with Gasteiger partial charge in [-0.1, -0.05) is 18.2 Å². The van der Waals surface area contributed by atoms with E-state index in [9.17, 15) is 35.5 Å². The molecular formula is C20H16F7NO. The first-order valence-corrected chi connectivity index (χ1v) is 8.34. The zero-order chi connectivity index (χ0) is 21.8. The zero-order valence-electron chi connectivity index (χ0n) is 14.9. The average Bonchev–Trinajstić information content (AvgIpc) is 2.63. The molecule has 2 rings (SSSR count). The Morgan fingerprint density at radius 2 is 1.48 bits per heavy atom. The number of benzene rings is 2. The maximum Gasteiger partial charge on any atom is 0.416 e. The molecule has 9 heteroatoms. The third kappa shape index (κ3) is 6.07. The molecule has 0 fully saturated rings. The van der Waals surface area contributed by atoms with Crippen LogP contribution in [0.5, 0.6) is 0 Å². The van der Waals surface area contributed by atoms with E-state index in [0.29, 0.717) is 17.7 Å². The molecule has 156 valence electrons. The van der Waals surface area contributed by atoms with Crippen molar-refractivity contribution in [3.05, 3.63) is 83.2 Å². The lowest BCUT2D eigenvalue weighted by Crippen LogP contribution is -2.29. The van der Waals surface area contributed by atoms with Gasteiger partial charge in [0.15, 0.2) is 0 Å². The van der Waals surface area contributed by atoms with Gasteiger partial charge in [-0.25, -0.2) is 4.39 Å². The molecule has 0 spiro atoms. The third-order valence-electron chi connectivity index (χ3n) is 4.11. The van der Waals surface area contributed by atoms with E-state index in [2.05, 4.69) is 11.9 Å². The summed E-state index contributed by atoms with van der Waals surface area (Å²) in [4.78, 5) is 12.5. The second-order valence-corrected chi connectivity index (χ2v) is 6.26. The van der Waals surface area contributed by atoms with Gasteiger partial charge in [-0.2, -0.15) is 26.3 Å². The highest BCUT2D eigenvalue weighted by atomic mass is 19.4. The van der Waals surface area contributed by atoms with E-state index in [1.165, 1.54) is 18.2 Å². The number of halogens is 7. The third-order valence-corrected chi connectivity index (χ3v) is 4.11. The monoisotopic (exact) mass is 419 g/mol. The van der Waals surface area contributed by atoms with E-state index in [1.54, 1.807) is 0 Å². The highest BCUT2D eigenvalue weighted by Gasteiger charge is 2.36. The van der Waals surface area contributed by atoms with E-state index >= 15 is 0 Å². The predicted octanol–water partition coefficient (Wildman–Crippen LogP) is 5.84. The van der Waals surface area contributed by atoms with Gasteiger partial charge in [0.2, 0.25) is 5.91 Å². The van der Waals surface area contributed by atoms with Crippen LogP contribution in [0.2, 0.25) is 0 Å². The molecule has 0 bridgehead atoms. The molecule has 0 heterocycles. The van der Waals surface area contributed by atoms with Crippen LogP contribution in [0.25, 0.3) is 0 Å². The summed E-state index contributed by atoms with van der Waals surface area (Å²) in [5.74, 6) is -1.97. The lowest BCUT2D eigenvalue weighted by atomic mass is 9.94. The minimum absolute atomic E-state index is 0.0182. The van der Waals surface area contributed by atoms with Crippen molar-refractivity contribution in [1.29, 1.82) is 0 Å². The van der Waals surface area contributed by atoms with E-state index in [4.69, 9.17) is 0 Å². The number of nitrogens with one attached hydrogen (secondary N) is 1. The van der Waals surface area contributed by atoms with Crippen LogP contribution in [0.15, 0.2) is 55.1 Å². The van der Waals surface area contributed by atoms with E-state index in [0.717, 1.165) is 12.1 Å². The highest BCUT2D eigenvalue weighted by Crippen LogP contribution is 2.36. The fourth-order valence-electron chi connectivity index (χ4n) is 2.69. The van der Waals surface area contributed by atoms with Crippen LogP contribution in [-0.2, 0) is 23.7 Å². The molecule has 0 saturated carbocycles. The number of amides is 1. The molecular weight excluding hydrogens is 403 g/mol. The maximum atomic E-state index is 13.1. The number of alkyl halides is 6. The Hall–Kier alpha value is -2.84. The molecule has 0 aliphatic heterocycles. The highest BCUT2D eigenvalue weighted by molar-refractivity contribution is 5.83. The second kappa shape index (κ2) is 8.67. The van der Waals surface area contributed by atoms with E-state index < -0.39 is 47.7 Å². The minimum atomic E-state index is -4.97. The summed E-state index contributed by atoms with van der Waals surface area (Å²) >= 11 is 0. The summed E-state index contributed by atoms with van der Waals surface area (Å²) in [7, 11) is 0. The second-order valence-electron chi connectivity index (χ2n) is 6.26. The quantitative estimate of drug-likeness (QED) is 0.463. The molecule has 2 nitrogen and oxygen atoms in total. The summed E-state index contributed by atoms with van der Waals surface area (Å²) in [6.07, 6.45) is -8.37. The van der Waals surface area contributed by atoms with Gasteiger partial charge in [0.1, 0.15) is 5.82 Å². The molecule has 0 aliphatic rings. The Morgan fingerprint density at radius 3 is 1.93 bits per heavy atom. The minimum Gasteiger partial charge on any atom is -0.351 e. The van der Waals surface area contributed by atoms with Crippen LogP contribution < -0.4 is 5.32 Å². The molecule has 1 N–H and O–H groups in total. The van der Waals surface area contributed by atoms with Gasteiger partial charge < -0.3 is 5.32 Å². The summed E-state index contributed by atoms with van der Waals surface area (Å²) in [6, 6.07) is 6.14. The largest absolute Gasteiger partial charge is 0.416 e. The number of hydrogen-bond acceptors (Lipinski definition) is 1. The SMILES string of the molecule is C=CC[C@H](C(=O)NCc1cc(C(F)(F)F)cc(C(F)(F)F)c1)c1ccc(F)cc1. The topological polar surface area (TPSA) is 29.1 Å². The van der Waals surface area contributed by atoms with Gasteiger partial charge >= 0.3 is 12.4 Å². The van der Waals surface area contributed by atoms with Crippen molar-refractivity contribution >= 4 is 5.91 Å². The summed E-state index contributed by atoms with van der Waals surface area (Å²) < 4.78 is 90.6. The van der Waals surface area contributed by atoms with Crippen LogP contribution in [0.3, 0.4) is 0 Å². The Labute approximate surface area is 162 Å². The first-order chi connectivity index (χ1) is 13.4. The van der Waals surface area contributed by atoms with Gasteiger partial charge in [-0.05, 0) is 47.9 Å². The molecule has 1 atom stereocenters. The fourth-order valence-corrected chi connectivity index (χ4v) is 2.69. The summed E-state index contributed by atoms with van der Waals surface area (Å²) in [5.41, 5.74) is -2.84. The number of carbonyl (C=O) groups excluding carboxylic acids is 1. The van der Waals surface area contributed by atoms with Gasteiger partial charge in [0.05, 0.1) is 17.0 Å². The van der Waals surface area contributed by atoms with Crippen molar-refractivity contribution in [3.8, 4) is 0 Å². The Bertz CT molecular complexity index is 838. The van der Waals surface area contributed by atoms with E-state index in [-0.39, 0.29) is 18.1 Å². The molecule has 2 aromatic carbocycles. The predicted molar refractivity (Wildman–Crippen MR) is 92.2 cm³/mol. The number of rotatable bonds is 6. The van der Waals surface area contributed by atoms with Crippen LogP contribution >= 0.6 is 0 Å². The van der Waals surface area contributed by atoms with Crippen molar-refractivity contribution in [2.45, 2.75) is 31.2 Å². The Kier molecular flexibility index (Phi) is 6.71. The molecule has 0 saturated heterocycles. The molecule has 0 aromatic heterocycles. The average molecular weight is 419 g/mol. The normalized spacial score (nSPS) is 13.1. The van der Waals surface area contributed by atoms with Crippen molar-refractivity contribution < 1.29 is 35.5 Å². The van der Waals surface area contributed by atoms with Crippen molar-refractivity contribution in [2.75, 3.05) is 0 Å². The molecule has 1 amide bonds. The lowest BCUT2D eigenvalue weighted by molar-refractivity contribution is -0.143. The smallest absolute Gasteiger partial charge is 0.351 e. The molecule has 0 radical (unpaired) electrons. The van der Waals surface area contributed by atoms with Crippen molar-refractivity contribution in [1.82, 2.24) is 5.32 Å². The van der Waals surface area contributed by atoms with Crippen molar-refractivity contribution in [3.63, 3.8) is 0 Å². The first-order valence-electron chi connectivity index (χ1n) is 8.34. The zero-order valence-corrected chi connectivity index (χ0v) is 14.9. The summed E-state index contributed by atoms with van der Waals surface area (Å²) in [5, 5.41) is 2.34. The summed E-state index contributed by atoms with van der Waals surface area (Å²) in [6.45, 7) is 2.98. The van der Waals surface area contributed by atoms with Gasteiger partial charge in [-0.15, -0.1) is 6.58 Å². The van der Waals surface area contributed by atoms with Crippen LogP contribution in [0, 0.1) is 5.82 Å². The molecule has 0 aliphatic carbocycles. The maximum absolute atomic E-state index is 13.1. The van der Waals surface area contributed by atoms with Gasteiger partial charge in [0, 0.05) is 6.54 Å². The van der Waals surface area contributed by atoms with Crippen molar-refractivity contribution in [2.24, 2.45) is 0 Å². The Balaban J connectivity index is 2.25. The van der Waals surface area contributed by atoms with Gasteiger partial charge in [0.25, 0.3) is 0 Å². The molecule has 0 unspecified atom stereocenters. The molecule has 2 aromatic rings.